The number of likely N-dealkylation sites (N-methyl/N-ethyl adjacent to an activating group) is 1. The highest BCUT2D eigenvalue weighted by Crippen LogP contribution is 2.33. The van der Waals surface area contributed by atoms with E-state index in [9.17, 15) is 10.1 Å². The molecule has 0 unspecified atom stereocenters. The van der Waals surface area contributed by atoms with Gasteiger partial charge in [0.2, 0.25) is 11.6 Å². The van der Waals surface area contributed by atoms with Gasteiger partial charge in [0.25, 0.3) is 0 Å². The molecule has 2 aromatic heterocycles. The van der Waals surface area contributed by atoms with Crippen LogP contribution in [0.15, 0.2) is 24.7 Å². The number of pyridine rings is 1. The fraction of sp³-hybridized carbons (Fsp3) is 0.357. The number of aliphatic hydroxyl groups excluding tert-OH is 1. The van der Waals surface area contributed by atoms with E-state index in [4.69, 9.17) is 5.11 Å². The van der Waals surface area contributed by atoms with Crippen LogP contribution >= 0.6 is 0 Å². The molecule has 2 rings (SSSR count). The predicted octanol–water partition coefficient (Wildman–Crippen LogP) is 1.65. The molecule has 0 saturated carbocycles. The topological polar surface area (TPSA) is 117 Å². The van der Waals surface area contributed by atoms with Crippen molar-refractivity contribution in [2.75, 3.05) is 29.9 Å². The Morgan fingerprint density at radius 3 is 2.74 bits per heavy atom. The van der Waals surface area contributed by atoms with E-state index in [0.29, 0.717) is 12.4 Å². The number of nitrogens with one attached hydrogen (secondary N) is 1. The maximum atomic E-state index is 11.5. The van der Waals surface area contributed by atoms with Crippen LogP contribution in [0.1, 0.15) is 12.5 Å². The summed E-state index contributed by atoms with van der Waals surface area (Å²) in [6.07, 6.45) is 2.84. The lowest BCUT2D eigenvalue weighted by Gasteiger charge is -2.21. The largest absolute Gasteiger partial charge is 0.395 e. The quantitative estimate of drug-likeness (QED) is 0.584. The van der Waals surface area contributed by atoms with Crippen LogP contribution in [0.4, 0.5) is 23.1 Å². The van der Waals surface area contributed by atoms with Crippen LogP contribution < -0.4 is 10.2 Å². The molecule has 0 aliphatic rings. The van der Waals surface area contributed by atoms with Gasteiger partial charge >= 0.3 is 5.69 Å². The Morgan fingerprint density at radius 2 is 2.13 bits per heavy atom. The molecule has 2 aromatic rings. The van der Waals surface area contributed by atoms with Crippen LogP contribution in [0.3, 0.4) is 0 Å². The molecule has 2 heterocycles. The summed E-state index contributed by atoms with van der Waals surface area (Å²) in [6, 6.07) is 3.62. The number of hydrogen-bond acceptors (Lipinski definition) is 8. The summed E-state index contributed by atoms with van der Waals surface area (Å²) >= 11 is 0. The molecular formula is C14H18N6O3. The van der Waals surface area contributed by atoms with Gasteiger partial charge in [0.05, 0.1) is 11.5 Å². The fourth-order valence-corrected chi connectivity index (χ4v) is 2.12. The minimum absolute atomic E-state index is 0.0678. The number of anilines is 3. The summed E-state index contributed by atoms with van der Waals surface area (Å²) in [5.41, 5.74) is 0.595. The van der Waals surface area contributed by atoms with Crippen LogP contribution in [0.5, 0.6) is 0 Å². The maximum absolute atomic E-state index is 11.5. The van der Waals surface area contributed by atoms with Crippen LogP contribution in [-0.2, 0) is 0 Å². The van der Waals surface area contributed by atoms with Crippen molar-refractivity contribution in [2.24, 2.45) is 0 Å². The molecule has 0 fully saturated rings. The summed E-state index contributed by atoms with van der Waals surface area (Å²) in [4.78, 5) is 24.8. The fourth-order valence-electron chi connectivity index (χ4n) is 2.12. The molecule has 23 heavy (non-hydrogen) atoms. The van der Waals surface area contributed by atoms with Gasteiger partial charge in [0.15, 0.2) is 0 Å². The van der Waals surface area contributed by atoms with Crippen LogP contribution in [0.2, 0.25) is 0 Å². The second-order valence-corrected chi connectivity index (χ2v) is 4.75. The molecule has 0 atom stereocenters. The SMILES string of the molecule is CCN(CCO)c1ncnc(Nc2ncccc2C)c1[N+](=O)[O-]. The van der Waals surface area contributed by atoms with E-state index in [1.807, 2.05) is 19.9 Å². The van der Waals surface area contributed by atoms with Crippen molar-refractivity contribution < 1.29 is 10.0 Å². The molecule has 0 aliphatic carbocycles. The molecular weight excluding hydrogens is 300 g/mol. The first-order valence-electron chi connectivity index (χ1n) is 7.12. The first-order chi connectivity index (χ1) is 11.1. The highest BCUT2D eigenvalue weighted by atomic mass is 16.6. The van der Waals surface area contributed by atoms with Crippen LogP contribution in [-0.4, -0.2) is 44.7 Å². The second kappa shape index (κ2) is 7.45. The van der Waals surface area contributed by atoms with E-state index in [-0.39, 0.29) is 30.5 Å². The molecule has 0 aliphatic heterocycles. The zero-order chi connectivity index (χ0) is 16.8. The Kier molecular flexibility index (Phi) is 5.36. The van der Waals surface area contributed by atoms with E-state index in [1.165, 1.54) is 6.33 Å². The number of aromatic nitrogens is 3. The number of nitrogens with zero attached hydrogens (tertiary/aromatic N) is 5. The van der Waals surface area contributed by atoms with Gasteiger partial charge in [-0.25, -0.2) is 15.0 Å². The summed E-state index contributed by atoms with van der Waals surface area (Å²) in [5.74, 6) is 0.723. The lowest BCUT2D eigenvalue weighted by molar-refractivity contribution is -0.383. The lowest BCUT2D eigenvalue weighted by Crippen LogP contribution is -2.28. The minimum Gasteiger partial charge on any atom is -0.395 e. The first kappa shape index (κ1) is 16.6. The van der Waals surface area contributed by atoms with Gasteiger partial charge in [-0.3, -0.25) is 10.1 Å². The van der Waals surface area contributed by atoms with E-state index in [2.05, 4.69) is 20.3 Å². The third-order valence-corrected chi connectivity index (χ3v) is 3.28. The molecule has 9 heteroatoms. The van der Waals surface area contributed by atoms with Gasteiger partial charge in [0, 0.05) is 19.3 Å². The van der Waals surface area contributed by atoms with Crippen molar-refractivity contribution in [1.82, 2.24) is 15.0 Å². The minimum atomic E-state index is -0.532. The van der Waals surface area contributed by atoms with Gasteiger partial charge in [-0.15, -0.1) is 0 Å². The Labute approximate surface area is 133 Å². The van der Waals surface area contributed by atoms with Crippen molar-refractivity contribution >= 4 is 23.1 Å². The van der Waals surface area contributed by atoms with E-state index in [1.54, 1.807) is 17.2 Å². The Balaban J connectivity index is 2.48. The molecule has 0 bridgehead atoms. The second-order valence-electron chi connectivity index (χ2n) is 4.75. The highest BCUT2D eigenvalue weighted by Gasteiger charge is 2.26. The zero-order valence-corrected chi connectivity index (χ0v) is 12.9. The monoisotopic (exact) mass is 318 g/mol. The van der Waals surface area contributed by atoms with Gasteiger partial charge in [-0.05, 0) is 25.5 Å². The summed E-state index contributed by atoms with van der Waals surface area (Å²) in [6.45, 7) is 4.26. The van der Waals surface area contributed by atoms with Gasteiger partial charge in [-0.2, -0.15) is 0 Å². The average Bonchev–Trinajstić information content (AvgIpc) is 2.54. The molecule has 0 amide bonds. The number of nitro groups is 1. The van der Waals surface area contributed by atoms with Gasteiger partial charge in [0.1, 0.15) is 12.1 Å². The number of aryl methyl sites for hydroxylation is 1. The number of rotatable bonds is 7. The predicted molar refractivity (Wildman–Crippen MR) is 85.9 cm³/mol. The lowest BCUT2D eigenvalue weighted by atomic mass is 10.3. The van der Waals surface area contributed by atoms with Crippen molar-refractivity contribution in [3.63, 3.8) is 0 Å². The Bertz CT molecular complexity index is 694. The first-order valence-corrected chi connectivity index (χ1v) is 7.12. The summed E-state index contributed by atoms with van der Waals surface area (Å²) < 4.78 is 0. The van der Waals surface area contributed by atoms with Crippen molar-refractivity contribution in [3.05, 3.63) is 40.3 Å². The average molecular weight is 318 g/mol. The standard InChI is InChI=1S/C14H18N6O3/c1-3-19(7-8-21)14-11(20(22)23)13(16-9-17-14)18-12-10(2)5-4-6-15-12/h4-6,9,21H,3,7-8H2,1-2H3,(H,15,16,17,18). The van der Waals surface area contributed by atoms with Crippen LogP contribution in [0, 0.1) is 17.0 Å². The van der Waals surface area contributed by atoms with Crippen molar-refractivity contribution in [1.29, 1.82) is 0 Å². The molecule has 122 valence electrons. The van der Waals surface area contributed by atoms with E-state index >= 15 is 0 Å². The molecule has 0 radical (unpaired) electrons. The molecule has 0 spiro atoms. The number of hydrogen-bond donors (Lipinski definition) is 2. The van der Waals surface area contributed by atoms with Crippen molar-refractivity contribution in [3.8, 4) is 0 Å². The van der Waals surface area contributed by atoms with Gasteiger partial charge in [-0.1, -0.05) is 6.07 Å². The van der Waals surface area contributed by atoms with Crippen LogP contribution in [0.25, 0.3) is 0 Å². The molecule has 0 saturated heterocycles. The number of aliphatic hydroxyl groups is 1. The Morgan fingerprint density at radius 1 is 1.35 bits per heavy atom. The van der Waals surface area contributed by atoms with E-state index < -0.39 is 4.92 Å². The summed E-state index contributed by atoms with van der Waals surface area (Å²) in [5, 5.41) is 23.5. The zero-order valence-electron chi connectivity index (χ0n) is 12.9. The molecule has 2 N–H and O–H groups in total. The van der Waals surface area contributed by atoms with E-state index in [0.717, 1.165) is 5.56 Å². The molecule has 9 nitrogen and oxygen atoms in total. The third-order valence-electron chi connectivity index (χ3n) is 3.28. The normalized spacial score (nSPS) is 10.4. The smallest absolute Gasteiger partial charge is 0.353 e. The molecule has 0 aromatic carbocycles. The maximum Gasteiger partial charge on any atom is 0.353 e. The van der Waals surface area contributed by atoms with Crippen molar-refractivity contribution in [2.45, 2.75) is 13.8 Å². The third kappa shape index (κ3) is 3.69. The highest BCUT2D eigenvalue weighted by molar-refractivity contribution is 5.74. The Hall–Kier alpha value is -2.81. The summed E-state index contributed by atoms with van der Waals surface area (Å²) in [7, 11) is 0. The van der Waals surface area contributed by atoms with Gasteiger partial charge < -0.3 is 15.3 Å².